The highest BCUT2D eigenvalue weighted by molar-refractivity contribution is 5.95. The first-order valence-corrected chi connectivity index (χ1v) is 6.36. The number of hydrogen-bond donors (Lipinski definition) is 1. The summed E-state index contributed by atoms with van der Waals surface area (Å²) in [5, 5.41) is 6.64. The number of esters is 1. The molecule has 8 nitrogen and oxygen atoms in total. The van der Waals surface area contributed by atoms with Crippen molar-refractivity contribution in [1.29, 1.82) is 0 Å². The summed E-state index contributed by atoms with van der Waals surface area (Å²) in [6.45, 7) is 6.76. The predicted octanol–water partition coefficient (Wildman–Crippen LogP) is 0.423. The molecule has 1 amide bonds. The third-order valence-electron chi connectivity index (χ3n) is 2.94. The number of carbonyl (C=O) groups excluding carboxylic acids is 2. The molecule has 2 heterocycles. The van der Waals surface area contributed by atoms with E-state index in [-0.39, 0.29) is 5.82 Å². The van der Waals surface area contributed by atoms with Gasteiger partial charge >= 0.3 is 5.97 Å². The summed E-state index contributed by atoms with van der Waals surface area (Å²) in [6, 6.07) is 1.84. The van der Waals surface area contributed by atoms with Gasteiger partial charge in [0.1, 0.15) is 5.54 Å². The van der Waals surface area contributed by atoms with Crippen LogP contribution in [0.4, 0.5) is 0 Å². The number of aryl methyl sites for hydroxylation is 2. The summed E-state index contributed by atoms with van der Waals surface area (Å²) >= 11 is 0. The molecule has 0 radical (unpaired) electrons. The van der Waals surface area contributed by atoms with Crippen LogP contribution in [0.5, 0.6) is 0 Å². The van der Waals surface area contributed by atoms with Crippen molar-refractivity contribution < 1.29 is 14.3 Å². The van der Waals surface area contributed by atoms with Gasteiger partial charge in [0.05, 0.1) is 7.11 Å². The Kier molecular flexibility index (Phi) is 3.63. The van der Waals surface area contributed by atoms with Crippen LogP contribution in [0.2, 0.25) is 0 Å². The zero-order valence-electron chi connectivity index (χ0n) is 12.6. The number of aromatic nitrogens is 4. The number of carbonyl (C=O) groups is 2. The minimum Gasteiger partial charge on any atom is -0.467 e. The Hall–Kier alpha value is -2.51. The lowest BCUT2D eigenvalue weighted by molar-refractivity contribution is -0.146. The summed E-state index contributed by atoms with van der Waals surface area (Å²) in [5.74, 6) is -0.820. The van der Waals surface area contributed by atoms with Crippen LogP contribution in [0, 0.1) is 13.8 Å². The lowest BCUT2D eigenvalue weighted by Gasteiger charge is -2.21. The van der Waals surface area contributed by atoms with Gasteiger partial charge in [-0.15, -0.1) is 5.10 Å². The van der Waals surface area contributed by atoms with Crippen LogP contribution < -0.4 is 5.32 Å². The Morgan fingerprint density at radius 3 is 2.57 bits per heavy atom. The van der Waals surface area contributed by atoms with E-state index in [1.807, 2.05) is 19.9 Å². The monoisotopic (exact) mass is 291 g/mol. The minimum atomic E-state index is -1.16. The van der Waals surface area contributed by atoms with E-state index >= 15 is 0 Å². The van der Waals surface area contributed by atoms with E-state index in [0.717, 1.165) is 11.4 Å². The van der Waals surface area contributed by atoms with Crippen molar-refractivity contribution in [1.82, 2.24) is 24.9 Å². The molecule has 2 aromatic heterocycles. The topological polar surface area (TPSA) is 98.5 Å². The van der Waals surface area contributed by atoms with Crippen molar-refractivity contribution in [2.24, 2.45) is 0 Å². The molecule has 0 atom stereocenters. The molecule has 2 aromatic rings. The van der Waals surface area contributed by atoms with Crippen LogP contribution in [0.3, 0.4) is 0 Å². The maximum absolute atomic E-state index is 12.2. The van der Waals surface area contributed by atoms with Crippen molar-refractivity contribution in [3.05, 3.63) is 23.3 Å². The molecular formula is C13H17N5O3. The molecule has 0 bridgehead atoms. The van der Waals surface area contributed by atoms with Crippen LogP contribution in [-0.2, 0) is 9.53 Å². The van der Waals surface area contributed by atoms with Gasteiger partial charge in [0, 0.05) is 11.4 Å². The molecule has 2 rings (SSSR count). The quantitative estimate of drug-likeness (QED) is 0.823. The summed E-state index contributed by atoms with van der Waals surface area (Å²) in [4.78, 5) is 32.0. The number of rotatable bonds is 3. The third kappa shape index (κ3) is 2.83. The van der Waals surface area contributed by atoms with E-state index in [1.54, 1.807) is 13.8 Å². The highest BCUT2D eigenvalue weighted by Crippen LogP contribution is 2.08. The maximum Gasteiger partial charge on any atom is 0.330 e. The fourth-order valence-electron chi connectivity index (χ4n) is 1.91. The van der Waals surface area contributed by atoms with E-state index in [2.05, 4.69) is 25.1 Å². The highest BCUT2D eigenvalue weighted by atomic mass is 16.5. The lowest BCUT2D eigenvalue weighted by atomic mass is 10.1. The van der Waals surface area contributed by atoms with Gasteiger partial charge in [-0.2, -0.15) is 4.98 Å². The second kappa shape index (κ2) is 5.12. The molecule has 0 saturated carbocycles. The fourth-order valence-corrected chi connectivity index (χ4v) is 1.91. The zero-order chi connectivity index (χ0) is 15.8. The Morgan fingerprint density at radius 1 is 1.29 bits per heavy atom. The van der Waals surface area contributed by atoms with E-state index in [9.17, 15) is 9.59 Å². The SMILES string of the molecule is COC(=O)C(C)(C)NC(=O)c1nc2nc(C)cc(C)n2n1. The largest absolute Gasteiger partial charge is 0.467 e. The lowest BCUT2D eigenvalue weighted by Crippen LogP contribution is -2.50. The molecule has 0 unspecified atom stereocenters. The van der Waals surface area contributed by atoms with Gasteiger partial charge in [-0.05, 0) is 33.8 Å². The molecule has 0 aliphatic heterocycles. The van der Waals surface area contributed by atoms with Crippen molar-refractivity contribution in [2.75, 3.05) is 7.11 Å². The molecular weight excluding hydrogens is 274 g/mol. The van der Waals surface area contributed by atoms with Crippen molar-refractivity contribution >= 4 is 17.7 Å². The van der Waals surface area contributed by atoms with Crippen LogP contribution >= 0.6 is 0 Å². The molecule has 0 spiro atoms. The summed E-state index contributed by atoms with van der Waals surface area (Å²) in [5.41, 5.74) is 0.437. The normalized spacial score (nSPS) is 11.5. The molecule has 8 heteroatoms. The molecule has 112 valence electrons. The van der Waals surface area contributed by atoms with Gasteiger partial charge in [0.15, 0.2) is 0 Å². The number of nitrogens with one attached hydrogen (secondary N) is 1. The van der Waals surface area contributed by atoms with Crippen LogP contribution in [0.1, 0.15) is 35.9 Å². The molecule has 0 aromatic carbocycles. The van der Waals surface area contributed by atoms with Crippen molar-refractivity contribution in [3.8, 4) is 0 Å². The Balaban J connectivity index is 2.32. The van der Waals surface area contributed by atoms with Crippen LogP contribution in [0.25, 0.3) is 5.78 Å². The third-order valence-corrected chi connectivity index (χ3v) is 2.94. The van der Waals surface area contributed by atoms with E-state index in [1.165, 1.54) is 11.6 Å². The van der Waals surface area contributed by atoms with Crippen molar-refractivity contribution in [2.45, 2.75) is 33.2 Å². The minimum absolute atomic E-state index is 0.0480. The second-order valence-electron chi connectivity index (χ2n) is 5.26. The van der Waals surface area contributed by atoms with Crippen molar-refractivity contribution in [3.63, 3.8) is 0 Å². The van der Waals surface area contributed by atoms with Gasteiger partial charge in [-0.25, -0.2) is 14.3 Å². The fraction of sp³-hybridized carbons (Fsp3) is 0.462. The first-order valence-electron chi connectivity index (χ1n) is 6.36. The van der Waals surface area contributed by atoms with Crippen LogP contribution in [0.15, 0.2) is 6.07 Å². The number of methoxy groups -OCH3 is 1. The molecule has 0 saturated heterocycles. The summed E-state index contributed by atoms with van der Waals surface area (Å²) in [6.07, 6.45) is 0. The zero-order valence-corrected chi connectivity index (χ0v) is 12.6. The number of fused-ring (bicyclic) bond motifs is 1. The molecule has 0 fully saturated rings. The predicted molar refractivity (Wildman–Crippen MR) is 73.8 cm³/mol. The van der Waals surface area contributed by atoms with Gasteiger partial charge < -0.3 is 10.1 Å². The van der Waals surface area contributed by atoms with Gasteiger partial charge in [-0.1, -0.05) is 0 Å². The average Bonchev–Trinajstić information content (AvgIpc) is 2.81. The molecule has 1 N–H and O–H groups in total. The Labute approximate surface area is 121 Å². The Morgan fingerprint density at radius 2 is 1.95 bits per heavy atom. The number of nitrogens with zero attached hydrogens (tertiary/aromatic N) is 4. The number of hydrogen-bond acceptors (Lipinski definition) is 6. The van der Waals surface area contributed by atoms with E-state index in [4.69, 9.17) is 0 Å². The summed E-state index contributed by atoms with van der Waals surface area (Å²) < 4.78 is 6.11. The van der Waals surface area contributed by atoms with Gasteiger partial charge in [0.25, 0.3) is 11.7 Å². The number of amides is 1. The smallest absolute Gasteiger partial charge is 0.330 e. The van der Waals surface area contributed by atoms with Gasteiger partial charge in [-0.3, -0.25) is 4.79 Å². The molecule has 0 aliphatic carbocycles. The Bertz CT molecular complexity index is 720. The van der Waals surface area contributed by atoms with Gasteiger partial charge in [0.2, 0.25) is 5.82 Å². The number of ether oxygens (including phenoxy) is 1. The maximum atomic E-state index is 12.2. The molecule has 21 heavy (non-hydrogen) atoms. The summed E-state index contributed by atoms with van der Waals surface area (Å²) in [7, 11) is 1.26. The highest BCUT2D eigenvalue weighted by Gasteiger charge is 2.32. The second-order valence-corrected chi connectivity index (χ2v) is 5.26. The van der Waals surface area contributed by atoms with Crippen LogP contribution in [-0.4, -0.2) is 44.1 Å². The van der Waals surface area contributed by atoms with E-state index < -0.39 is 17.4 Å². The average molecular weight is 291 g/mol. The molecule has 0 aliphatic rings. The first-order chi connectivity index (χ1) is 9.74. The van der Waals surface area contributed by atoms with E-state index in [0.29, 0.717) is 5.78 Å². The standard InChI is InChI=1S/C13H17N5O3/c1-7-6-8(2)18-12(14-7)15-9(17-18)10(19)16-13(3,4)11(20)21-5/h6H,1-5H3,(H,16,19). The first kappa shape index (κ1) is 14.9.